The summed E-state index contributed by atoms with van der Waals surface area (Å²) < 4.78 is 4.91. The van der Waals surface area contributed by atoms with Gasteiger partial charge in [-0.05, 0) is 12.5 Å². The van der Waals surface area contributed by atoms with Gasteiger partial charge in [-0.2, -0.15) is 0 Å². The molecule has 0 saturated carbocycles. The molecule has 0 aliphatic rings. The van der Waals surface area contributed by atoms with Crippen LogP contribution in [-0.2, 0) is 9.53 Å². The van der Waals surface area contributed by atoms with E-state index in [0.717, 1.165) is 5.56 Å². The van der Waals surface area contributed by atoms with Crippen LogP contribution in [-0.4, -0.2) is 12.6 Å². The van der Waals surface area contributed by atoms with E-state index in [4.69, 9.17) is 4.74 Å². The molecule has 1 unspecified atom stereocenters. The van der Waals surface area contributed by atoms with Crippen LogP contribution in [0.3, 0.4) is 0 Å². The fourth-order valence-electron chi connectivity index (χ4n) is 1.44. The molecule has 1 aromatic carbocycles. The monoisotopic (exact) mass is 204 g/mol. The Bertz CT molecular complexity index is 317. The fraction of sp³-hybridized carbons (Fsp3) is 0.308. The summed E-state index contributed by atoms with van der Waals surface area (Å²) in [4.78, 5) is 11.3. The minimum Gasteiger partial charge on any atom is -0.466 e. The normalized spacial score (nSPS) is 11.8. The van der Waals surface area contributed by atoms with Gasteiger partial charge in [-0.3, -0.25) is 4.79 Å². The Morgan fingerprint density at radius 3 is 2.67 bits per heavy atom. The van der Waals surface area contributed by atoms with Crippen LogP contribution in [0.1, 0.15) is 24.8 Å². The molecule has 0 aliphatic carbocycles. The highest BCUT2D eigenvalue weighted by Gasteiger charge is 2.12. The van der Waals surface area contributed by atoms with E-state index in [1.807, 2.05) is 37.3 Å². The standard InChI is InChI=1S/C13H16O2/c1-3-11(10-13(14)15-4-2)12-8-6-5-7-9-12/h3,5-9,11H,1,4,10H2,2H3. The number of rotatable bonds is 5. The first kappa shape index (κ1) is 11.5. The second-order valence-electron chi connectivity index (χ2n) is 3.26. The maximum atomic E-state index is 11.3. The Hall–Kier alpha value is -1.57. The number of allylic oxidation sites excluding steroid dienone is 1. The predicted octanol–water partition coefficient (Wildman–Crippen LogP) is 2.91. The van der Waals surface area contributed by atoms with E-state index in [0.29, 0.717) is 13.0 Å². The zero-order chi connectivity index (χ0) is 11.1. The molecule has 0 saturated heterocycles. The van der Waals surface area contributed by atoms with Gasteiger partial charge in [0.25, 0.3) is 0 Å². The molecule has 1 aromatic rings. The van der Waals surface area contributed by atoms with Crippen molar-refractivity contribution in [2.24, 2.45) is 0 Å². The van der Waals surface area contributed by atoms with Gasteiger partial charge in [0.1, 0.15) is 0 Å². The van der Waals surface area contributed by atoms with Crippen molar-refractivity contribution in [2.45, 2.75) is 19.3 Å². The lowest BCUT2D eigenvalue weighted by Crippen LogP contribution is -2.08. The molecule has 2 heteroatoms. The lowest BCUT2D eigenvalue weighted by Gasteiger charge is -2.11. The number of esters is 1. The van der Waals surface area contributed by atoms with Crippen molar-refractivity contribution in [3.05, 3.63) is 48.6 Å². The molecule has 0 amide bonds. The second kappa shape index (κ2) is 6.02. The summed E-state index contributed by atoms with van der Waals surface area (Å²) >= 11 is 0. The summed E-state index contributed by atoms with van der Waals surface area (Å²) in [7, 11) is 0. The summed E-state index contributed by atoms with van der Waals surface area (Å²) in [6, 6.07) is 9.85. The van der Waals surface area contributed by atoms with Crippen LogP contribution in [0.4, 0.5) is 0 Å². The van der Waals surface area contributed by atoms with Crippen molar-refractivity contribution in [1.29, 1.82) is 0 Å². The molecule has 80 valence electrons. The van der Waals surface area contributed by atoms with Gasteiger partial charge in [0, 0.05) is 5.92 Å². The molecule has 1 atom stereocenters. The summed E-state index contributed by atoms with van der Waals surface area (Å²) in [5, 5.41) is 0. The van der Waals surface area contributed by atoms with E-state index in [2.05, 4.69) is 6.58 Å². The summed E-state index contributed by atoms with van der Waals surface area (Å²) in [5.41, 5.74) is 1.10. The van der Waals surface area contributed by atoms with Gasteiger partial charge in [0.15, 0.2) is 0 Å². The van der Waals surface area contributed by atoms with E-state index < -0.39 is 0 Å². The van der Waals surface area contributed by atoms with Crippen LogP contribution in [0, 0.1) is 0 Å². The molecule has 0 fully saturated rings. The first-order valence-corrected chi connectivity index (χ1v) is 5.11. The molecule has 2 nitrogen and oxygen atoms in total. The maximum absolute atomic E-state index is 11.3. The highest BCUT2D eigenvalue weighted by atomic mass is 16.5. The smallest absolute Gasteiger partial charge is 0.306 e. The van der Waals surface area contributed by atoms with Crippen LogP contribution in [0.25, 0.3) is 0 Å². The van der Waals surface area contributed by atoms with Crippen LogP contribution in [0.2, 0.25) is 0 Å². The topological polar surface area (TPSA) is 26.3 Å². The van der Waals surface area contributed by atoms with Crippen LogP contribution < -0.4 is 0 Å². The summed E-state index contributed by atoms with van der Waals surface area (Å²) in [6.07, 6.45) is 2.15. The number of hydrogen-bond acceptors (Lipinski definition) is 2. The fourth-order valence-corrected chi connectivity index (χ4v) is 1.44. The molecular formula is C13H16O2. The first-order chi connectivity index (χ1) is 7.27. The molecular weight excluding hydrogens is 188 g/mol. The van der Waals surface area contributed by atoms with Gasteiger partial charge in [-0.15, -0.1) is 6.58 Å². The molecule has 0 spiro atoms. The molecule has 1 rings (SSSR count). The van der Waals surface area contributed by atoms with E-state index >= 15 is 0 Å². The average Bonchev–Trinajstić information content (AvgIpc) is 2.27. The van der Waals surface area contributed by atoms with Crippen molar-refractivity contribution >= 4 is 5.97 Å². The van der Waals surface area contributed by atoms with Crippen molar-refractivity contribution < 1.29 is 9.53 Å². The second-order valence-corrected chi connectivity index (χ2v) is 3.26. The number of benzene rings is 1. The van der Waals surface area contributed by atoms with Crippen molar-refractivity contribution in [2.75, 3.05) is 6.61 Å². The van der Waals surface area contributed by atoms with Gasteiger partial charge < -0.3 is 4.74 Å². The number of ether oxygens (including phenoxy) is 1. The highest BCUT2D eigenvalue weighted by Crippen LogP contribution is 2.20. The number of hydrogen-bond donors (Lipinski definition) is 0. The zero-order valence-electron chi connectivity index (χ0n) is 8.98. The van der Waals surface area contributed by atoms with Crippen LogP contribution in [0.15, 0.2) is 43.0 Å². The van der Waals surface area contributed by atoms with Gasteiger partial charge in [-0.25, -0.2) is 0 Å². The maximum Gasteiger partial charge on any atom is 0.306 e. The van der Waals surface area contributed by atoms with E-state index in [1.165, 1.54) is 0 Å². The van der Waals surface area contributed by atoms with Gasteiger partial charge in [-0.1, -0.05) is 36.4 Å². The lowest BCUT2D eigenvalue weighted by molar-refractivity contribution is -0.143. The van der Waals surface area contributed by atoms with Crippen molar-refractivity contribution in [3.8, 4) is 0 Å². The Balaban J connectivity index is 2.65. The molecule has 0 aromatic heterocycles. The first-order valence-electron chi connectivity index (χ1n) is 5.11. The third-order valence-corrected chi connectivity index (χ3v) is 2.20. The van der Waals surface area contributed by atoms with Crippen molar-refractivity contribution in [1.82, 2.24) is 0 Å². The Morgan fingerprint density at radius 1 is 1.47 bits per heavy atom. The lowest BCUT2D eigenvalue weighted by atomic mass is 9.96. The van der Waals surface area contributed by atoms with E-state index in [9.17, 15) is 4.79 Å². The molecule has 0 N–H and O–H groups in total. The van der Waals surface area contributed by atoms with Gasteiger partial charge >= 0.3 is 5.97 Å². The molecule has 15 heavy (non-hydrogen) atoms. The Kier molecular flexibility index (Phi) is 4.61. The molecule has 0 aliphatic heterocycles. The zero-order valence-corrected chi connectivity index (χ0v) is 8.98. The van der Waals surface area contributed by atoms with Gasteiger partial charge in [0.05, 0.1) is 13.0 Å². The average molecular weight is 204 g/mol. The largest absolute Gasteiger partial charge is 0.466 e. The predicted molar refractivity (Wildman–Crippen MR) is 60.6 cm³/mol. The number of carbonyl (C=O) groups excluding carboxylic acids is 1. The number of carbonyl (C=O) groups is 1. The quantitative estimate of drug-likeness (QED) is 0.544. The molecule has 0 heterocycles. The third kappa shape index (κ3) is 3.58. The Morgan fingerprint density at radius 2 is 2.13 bits per heavy atom. The van der Waals surface area contributed by atoms with Gasteiger partial charge in [0.2, 0.25) is 0 Å². The van der Waals surface area contributed by atoms with Crippen LogP contribution in [0.5, 0.6) is 0 Å². The molecule has 0 radical (unpaired) electrons. The highest BCUT2D eigenvalue weighted by molar-refractivity contribution is 5.71. The van der Waals surface area contributed by atoms with E-state index in [-0.39, 0.29) is 11.9 Å². The minimum absolute atomic E-state index is 0.0465. The van der Waals surface area contributed by atoms with Crippen molar-refractivity contribution in [3.63, 3.8) is 0 Å². The third-order valence-electron chi connectivity index (χ3n) is 2.20. The molecule has 0 bridgehead atoms. The summed E-state index contributed by atoms with van der Waals surface area (Å²) in [5.74, 6) is -0.128. The summed E-state index contributed by atoms with van der Waals surface area (Å²) in [6.45, 7) is 5.98. The van der Waals surface area contributed by atoms with E-state index in [1.54, 1.807) is 6.08 Å². The SMILES string of the molecule is C=CC(CC(=O)OCC)c1ccccc1. The minimum atomic E-state index is -0.175. The Labute approximate surface area is 90.6 Å². The van der Waals surface area contributed by atoms with Crippen LogP contribution >= 0.6 is 0 Å².